The maximum absolute atomic E-state index is 11.4. The summed E-state index contributed by atoms with van der Waals surface area (Å²) in [5.74, 6) is 0. The second kappa shape index (κ2) is 6.40. The van der Waals surface area contributed by atoms with E-state index < -0.39 is 0 Å². The van der Waals surface area contributed by atoms with Crippen molar-refractivity contribution in [3.63, 3.8) is 0 Å². The van der Waals surface area contributed by atoms with E-state index in [4.69, 9.17) is 23.2 Å². The summed E-state index contributed by atoms with van der Waals surface area (Å²) in [7, 11) is 0. The lowest BCUT2D eigenvalue weighted by Crippen LogP contribution is -2.24. The Kier molecular flexibility index (Phi) is 5.15. The van der Waals surface area contributed by atoms with Gasteiger partial charge >= 0.3 is 6.03 Å². The third kappa shape index (κ3) is 3.76. The van der Waals surface area contributed by atoms with Crippen molar-refractivity contribution in [2.24, 2.45) is 0 Å². The second-order valence-electron chi connectivity index (χ2n) is 3.01. The summed E-state index contributed by atoms with van der Waals surface area (Å²) >= 11 is 11.8. The van der Waals surface area contributed by atoms with Crippen LogP contribution in [0.2, 0.25) is 10.0 Å². The SMILES string of the molecule is CC/C=C/NC(=O)Nc1c(Cl)cccc1Cl. The fraction of sp³-hybridized carbons (Fsp3) is 0.182. The van der Waals surface area contributed by atoms with Gasteiger partial charge in [0.2, 0.25) is 0 Å². The number of amides is 2. The first kappa shape index (κ1) is 12.9. The molecule has 16 heavy (non-hydrogen) atoms. The van der Waals surface area contributed by atoms with Gasteiger partial charge in [-0.3, -0.25) is 0 Å². The number of hydrogen-bond donors (Lipinski definition) is 2. The van der Waals surface area contributed by atoms with Crippen LogP contribution in [-0.4, -0.2) is 6.03 Å². The molecule has 1 aromatic rings. The second-order valence-corrected chi connectivity index (χ2v) is 3.82. The van der Waals surface area contributed by atoms with E-state index in [2.05, 4.69) is 10.6 Å². The Labute approximate surface area is 104 Å². The fourth-order valence-corrected chi connectivity index (χ4v) is 1.51. The van der Waals surface area contributed by atoms with Crippen molar-refractivity contribution in [2.75, 3.05) is 5.32 Å². The minimum absolute atomic E-state index is 0.375. The van der Waals surface area contributed by atoms with Gasteiger partial charge in [-0.05, 0) is 18.6 Å². The number of benzene rings is 1. The van der Waals surface area contributed by atoms with Crippen molar-refractivity contribution >= 4 is 34.9 Å². The van der Waals surface area contributed by atoms with Crippen molar-refractivity contribution in [1.29, 1.82) is 0 Å². The van der Waals surface area contributed by atoms with Crippen LogP contribution in [0.3, 0.4) is 0 Å². The predicted octanol–water partition coefficient (Wildman–Crippen LogP) is 4.04. The Bertz CT molecular complexity index is 385. The third-order valence-electron chi connectivity index (χ3n) is 1.77. The smallest absolute Gasteiger partial charge is 0.315 e. The molecule has 1 aromatic carbocycles. The third-order valence-corrected chi connectivity index (χ3v) is 2.40. The molecule has 0 spiro atoms. The Balaban J connectivity index is 2.66. The van der Waals surface area contributed by atoms with Crippen LogP contribution >= 0.6 is 23.2 Å². The average molecular weight is 259 g/mol. The molecule has 0 aliphatic heterocycles. The van der Waals surface area contributed by atoms with E-state index in [9.17, 15) is 4.79 Å². The van der Waals surface area contributed by atoms with Crippen LogP contribution in [0.4, 0.5) is 10.5 Å². The van der Waals surface area contributed by atoms with Gasteiger partial charge in [0.05, 0.1) is 15.7 Å². The molecule has 0 radical (unpaired) electrons. The Morgan fingerprint density at radius 3 is 2.56 bits per heavy atom. The number of para-hydroxylation sites is 1. The molecular weight excluding hydrogens is 247 g/mol. The molecule has 5 heteroatoms. The van der Waals surface area contributed by atoms with Crippen molar-refractivity contribution in [2.45, 2.75) is 13.3 Å². The Hall–Kier alpha value is -1.19. The summed E-state index contributed by atoms with van der Waals surface area (Å²) in [6, 6.07) is 4.65. The number of rotatable bonds is 3. The Morgan fingerprint density at radius 1 is 1.38 bits per heavy atom. The topological polar surface area (TPSA) is 41.1 Å². The highest BCUT2D eigenvalue weighted by molar-refractivity contribution is 6.39. The number of urea groups is 1. The van der Waals surface area contributed by atoms with E-state index in [0.717, 1.165) is 6.42 Å². The predicted molar refractivity (Wildman–Crippen MR) is 68.0 cm³/mol. The first-order chi connectivity index (χ1) is 7.65. The van der Waals surface area contributed by atoms with Crippen LogP contribution in [0.15, 0.2) is 30.5 Å². The van der Waals surface area contributed by atoms with Gasteiger partial charge in [-0.25, -0.2) is 4.79 Å². The summed E-state index contributed by atoms with van der Waals surface area (Å²) in [5, 5.41) is 5.92. The molecule has 0 aliphatic carbocycles. The van der Waals surface area contributed by atoms with Crippen molar-refractivity contribution < 1.29 is 4.79 Å². The highest BCUT2D eigenvalue weighted by atomic mass is 35.5. The van der Waals surface area contributed by atoms with Crippen LogP contribution in [-0.2, 0) is 0 Å². The minimum atomic E-state index is -0.375. The first-order valence-electron chi connectivity index (χ1n) is 4.81. The lowest BCUT2D eigenvalue weighted by atomic mass is 10.3. The summed E-state index contributed by atoms with van der Waals surface area (Å²) in [6.45, 7) is 1.97. The molecule has 0 heterocycles. The highest BCUT2D eigenvalue weighted by Crippen LogP contribution is 2.29. The van der Waals surface area contributed by atoms with Crippen molar-refractivity contribution in [1.82, 2.24) is 5.32 Å². The summed E-state index contributed by atoms with van der Waals surface area (Å²) in [4.78, 5) is 11.4. The van der Waals surface area contributed by atoms with Crippen LogP contribution in [0, 0.1) is 0 Å². The number of nitrogens with one attached hydrogen (secondary N) is 2. The average Bonchev–Trinajstić information content (AvgIpc) is 2.24. The van der Waals surface area contributed by atoms with Crippen LogP contribution in [0.25, 0.3) is 0 Å². The quantitative estimate of drug-likeness (QED) is 0.845. The van der Waals surface area contributed by atoms with Gasteiger partial charge in [-0.2, -0.15) is 0 Å². The molecule has 0 atom stereocenters. The van der Waals surface area contributed by atoms with E-state index in [1.165, 1.54) is 0 Å². The monoisotopic (exact) mass is 258 g/mol. The molecule has 3 nitrogen and oxygen atoms in total. The maximum Gasteiger partial charge on any atom is 0.323 e. The number of carbonyl (C=O) groups is 1. The molecule has 0 aromatic heterocycles. The van der Waals surface area contributed by atoms with Gasteiger partial charge in [-0.1, -0.05) is 42.3 Å². The van der Waals surface area contributed by atoms with Crippen molar-refractivity contribution in [3.8, 4) is 0 Å². The number of carbonyl (C=O) groups excluding carboxylic acids is 1. The first-order valence-corrected chi connectivity index (χ1v) is 5.57. The minimum Gasteiger partial charge on any atom is -0.315 e. The van der Waals surface area contributed by atoms with Crippen LogP contribution < -0.4 is 10.6 Å². The van der Waals surface area contributed by atoms with E-state index in [1.54, 1.807) is 24.4 Å². The normalized spacial score (nSPS) is 10.4. The zero-order valence-electron chi connectivity index (χ0n) is 8.76. The molecule has 0 bridgehead atoms. The summed E-state index contributed by atoms with van der Waals surface area (Å²) in [5.41, 5.74) is 0.410. The van der Waals surface area contributed by atoms with Crippen LogP contribution in [0.1, 0.15) is 13.3 Å². The highest BCUT2D eigenvalue weighted by Gasteiger charge is 2.07. The van der Waals surface area contributed by atoms with Gasteiger partial charge < -0.3 is 10.6 Å². The number of halogens is 2. The summed E-state index contributed by atoms with van der Waals surface area (Å²) in [6.07, 6.45) is 4.25. The van der Waals surface area contributed by atoms with Gasteiger partial charge in [0.25, 0.3) is 0 Å². The van der Waals surface area contributed by atoms with E-state index in [0.29, 0.717) is 15.7 Å². The number of anilines is 1. The van der Waals surface area contributed by atoms with E-state index >= 15 is 0 Å². The van der Waals surface area contributed by atoms with E-state index in [-0.39, 0.29) is 6.03 Å². The lowest BCUT2D eigenvalue weighted by molar-refractivity contribution is 0.255. The fourth-order valence-electron chi connectivity index (χ4n) is 1.02. The van der Waals surface area contributed by atoms with Gasteiger partial charge in [-0.15, -0.1) is 0 Å². The molecule has 0 saturated heterocycles. The van der Waals surface area contributed by atoms with Gasteiger partial charge in [0.15, 0.2) is 0 Å². The van der Waals surface area contributed by atoms with Crippen LogP contribution in [0.5, 0.6) is 0 Å². The zero-order chi connectivity index (χ0) is 12.0. The zero-order valence-corrected chi connectivity index (χ0v) is 10.3. The largest absolute Gasteiger partial charge is 0.323 e. The van der Waals surface area contributed by atoms with Gasteiger partial charge in [0, 0.05) is 6.20 Å². The standard InChI is InChI=1S/C11H12Cl2N2O/c1-2-3-7-14-11(16)15-10-8(12)5-4-6-9(10)13/h3-7H,2H2,1H3,(H2,14,15,16)/b7-3+. The maximum atomic E-state index is 11.4. The molecule has 2 N–H and O–H groups in total. The molecule has 1 rings (SSSR count). The molecule has 2 amide bonds. The van der Waals surface area contributed by atoms with E-state index in [1.807, 2.05) is 13.0 Å². The van der Waals surface area contributed by atoms with Gasteiger partial charge in [0.1, 0.15) is 0 Å². The lowest BCUT2D eigenvalue weighted by Gasteiger charge is -2.08. The number of allylic oxidation sites excluding steroid dienone is 1. The molecular formula is C11H12Cl2N2O. The Morgan fingerprint density at radius 2 is 2.00 bits per heavy atom. The molecule has 0 unspecified atom stereocenters. The van der Waals surface area contributed by atoms with Crippen molar-refractivity contribution in [3.05, 3.63) is 40.5 Å². The molecule has 0 saturated carbocycles. The number of hydrogen-bond acceptors (Lipinski definition) is 1. The molecule has 0 aliphatic rings. The molecule has 0 fully saturated rings. The molecule has 86 valence electrons. The summed E-state index contributed by atoms with van der Waals surface area (Å²) < 4.78 is 0.